The number of hydrogen-bond acceptors (Lipinski definition) is 5. The minimum Gasteiger partial charge on any atom is -0.331 e. The van der Waals surface area contributed by atoms with Crippen molar-refractivity contribution in [3.8, 4) is 0 Å². The van der Waals surface area contributed by atoms with Crippen LogP contribution in [0.5, 0.6) is 0 Å². The maximum absolute atomic E-state index is 12.2. The van der Waals surface area contributed by atoms with Crippen molar-refractivity contribution < 1.29 is 9.59 Å². The molecule has 0 spiro atoms. The molecule has 0 aliphatic carbocycles. The van der Waals surface area contributed by atoms with Gasteiger partial charge in [-0.25, -0.2) is 5.01 Å². The highest BCUT2D eigenvalue weighted by molar-refractivity contribution is 6.31. The van der Waals surface area contributed by atoms with Gasteiger partial charge in [-0.2, -0.15) is 0 Å². The maximum atomic E-state index is 12.2. The van der Waals surface area contributed by atoms with Crippen LogP contribution in [-0.4, -0.2) is 85.4 Å². The maximum Gasteiger partial charge on any atom is 0.246 e. The number of amides is 1. The van der Waals surface area contributed by atoms with E-state index >= 15 is 0 Å². The number of hydrogen-bond donors (Lipinski definition) is 0. The molecule has 164 valence electrons. The fourth-order valence-electron chi connectivity index (χ4n) is 3.48. The molecule has 3 rings (SSSR count). The normalized spacial score (nSPS) is 16.8. The predicted octanol–water partition coefficient (Wildman–Crippen LogP) is 2.85. The van der Waals surface area contributed by atoms with E-state index < -0.39 is 0 Å². The molecule has 0 atom stereocenters. The highest BCUT2D eigenvalue weighted by Crippen LogP contribution is 2.26. The number of halogens is 1. The zero-order chi connectivity index (χ0) is 22.3. The number of carbonyl (C=O) groups excluding carboxylic acids is 2. The molecule has 0 saturated carbocycles. The summed E-state index contributed by atoms with van der Waals surface area (Å²) in [6.45, 7) is 7.03. The van der Waals surface area contributed by atoms with Crippen molar-refractivity contribution in [3.05, 3.63) is 58.3 Å². The van der Waals surface area contributed by atoms with Crippen LogP contribution in [0.15, 0.2) is 47.7 Å². The summed E-state index contributed by atoms with van der Waals surface area (Å²) in [5, 5.41) is 5.04. The molecule has 1 saturated heterocycles. The van der Waals surface area contributed by atoms with Crippen LogP contribution in [0.1, 0.15) is 19.4 Å². The molecule has 0 aromatic heterocycles. The number of benzene rings is 1. The fourth-order valence-corrected chi connectivity index (χ4v) is 3.75. The summed E-state index contributed by atoms with van der Waals surface area (Å²) in [5.74, 6) is 0.109. The summed E-state index contributed by atoms with van der Waals surface area (Å²) >= 11 is 5.82. The van der Waals surface area contributed by atoms with Crippen molar-refractivity contribution >= 4 is 23.3 Å². The zero-order valence-electron chi connectivity index (χ0n) is 18.7. The molecule has 0 unspecified atom stereocenters. The molecule has 2 aliphatic rings. The molecule has 0 radical (unpaired) electrons. The van der Waals surface area contributed by atoms with E-state index in [0.29, 0.717) is 19.6 Å². The van der Waals surface area contributed by atoms with Gasteiger partial charge in [0, 0.05) is 43.4 Å². The Bertz CT molecular complexity index is 819. The number of Topliss-reactive ketones (excluding diaryl/α,β-unsaturated/α-hetero) is 1. The summed E-state index contributed by atoms with van der Waals surface area (Å²) in [4.78, 5) is 27.8. The topological polar surface area (TPSA) is 47.1 Å². The molecule has 1 aromatic rings. The fraction of sp³-hybridized carbons (Fsp3) is 0.478. The number of rotatable bonds is 5. The Morgan fingerprint density at radius 3 is 2.43 bits per heavy atom. The van der Waals surface area contributed by atoms with Crippen molar-refractivity contribution in [2.75, 3.05) is 53.9 Å². The summed E-state index contributed by atoms with van der Waals surface area (Å²) in [7, 11) is 5.90. The number of fused-ring (bicyclic) bond motifs is 1. The number of ketones is 1. The molecule has 2 aliphatic heterocycles. The van der Waals surface area contributed by atoms with E-state index in [1.54, 1.807) is 17.9 Å². The summed E-state index contributed by atoms with van der Waals surface area (Å²) in [6, 6.07) is 7.91. The highest BCUT2D eigenvalue weighted by Gasteiger charge is 2.34. The molecular formula is C23H33ClN4O2. The minimum atomic E-state index is 0.0152. The van der Waals surface area contributed by atoms with E-state index in [0.717, 1.165) is 35.8 Å². The Morgan fingerprint density at radius 1 is 1.17 bits per heavy atom. The third kappa shape index (κ3) is 6.42. The molecule has 1 aromatic carbocycles. The molecule has 2 heterocycles. The lowest BCUT2D eigenvalue weighted by molar-refractivity contribution is -0.128. The van der Waals surface area contributed by atoms with Crippen LogP contribution in [0, 0.1) is 0 Å². The highest BCUT2D eigenvalue weighted by atomic mass is 35.5. The van der Waals surface area contributed by atoms with Gasteiger partial charge >= 0.3 is 0 Å². The second kappa shape index (κ2) is 11.3. The van der Waals surface area contributed by atoms with Crippen LogP contribution in [-0.2, 0) is 16.0 Å². The molecule has 7 heteroatoms. The van der Waals surface area contributed by atoms with E-state index in [2.05, 4.69) is 16.9 Å². The monoisotopic (exact) mass is 432 g/mol. The predicted molar refractivity (Wildman–Crippen MR) is 122 cm³/mol. The van der Waals surface area contributed by atoms with Crippen LogP contribution >= 0.6 is 11.6 Å². The average molecular weight is 433 g/mol. The van der Waals surface area contributed by atoms with Crippen LogP contribution in [0.2, 0.25) is 5.02 Å². The average Bonchev–Trinajstić information content (AvgIpc) is 3.05. The Balaban J connectivity index is 0.000000297. The lowest BCUT2D eigenvalue weighted by atomic mass is 10.1. The second-order valence-electron chi connectivity index (χ2n) is 7.79. The molecule has 0 N–H and O–H groups in total. The molecule has 30 heavy (non-hydrogen) atoms. The molecule has 1 amide bonds. The quantitative estimate of drug-likeness (QED) is 0.669. The largest absolute Gasteiger partial charge is 0.331 e. The number of nitrogens with zero attached hydrogens (tertiary/aromatic N) is 4. The molecule has 0 bridgehead atoms. The number of hydrazine groups is 1. The van der Waals surface area contributed by atoms with Gasteiger partial charge in [-0.15, -0.1) is 0 Å². The SMILES string of the molecule is CC(=O)C1=C2CN(C(=O)/C=C/CN(C)C)CCN2N(C)C1.CCc1ccccc1Cl. The number of carbonyl (C=O) groups is 2. The lowest BCUT2D eigenvalue weighted by Crippen LogP contribution is -2.49. The first-order valence-electron chi connectivity index (χ1n) is 10.3. The van der Waals surface area contributed by atoms with Gasteiger partial charge in [0.05, 0.1) is 18.8 Å². The first kappa shape index (κ1) is 24.1. The summed E-state index contributed by atoms with van der Waals surface area (Å²) < 4.78 is 0. The Kier molecular flexibility index (Phi) is 9.08. The first-order chi connectivity index (χ1) is 14.2. The van der Waals surface area contributed by atoms with Crippen LogP contribution in [0.4, 0.5) is 0 Å². The van der Waals surface area contributed by atoms with E-state index in [4.69, 9.17) is 11.6 Å². The van der Waals surface area contributed by atoms with Crippen LogP contribution in [0.3, 0.4) is 0 Å². The Hall–Kier alpha value is -2.15. The zero-order valence-corrected chi connectivity index (χ0v) is 19.4. The van der Waals surface area contributed by atoms with E-state index in [9.17, 15) is 9.59 Å². The van der Waals surface area contributed by atoms with Crippen molar-refractivity contribution in [2.24, 2.45) is 0 Å². The Labute approximate surface area is 185 Å². The molecular weight excluding hydrogens is 400 g/mol. The van der Waals surface area contributed by atoms with E-state index in [1.807, 2.05) is 56.4 Å². The first-order valence-corrected chi connectivity index (χ1v) is 10.7. The number of piperazine rings is 1. The summed E-state index contributed by atoms with van der Waals surface area (Å²) in [6.07, 6.45) is 4.51. The van der Waals surface area contributed by atoms with Crippen molar-refractivity contribution in [3.63, 3.8) is 0 Å². The van der Waals surface area contributed by atoms with E-state index in [-0.39, 0.29) is 11.7 Å². The third-order valence-corrected chi connectivity index (χ3v) is 5.56. The lowest BCUT2D eigenvalue weighted by Gasteiger charge is -2.38. The van der Waals surface area contributed by atoms with Gasteiger partial charge in [-0.3, -0.25) is 9.59 Å². The van der Waals surface area contributed by atoms with Gasteiger partial charge < -0.3 is 14.8 Å². The number of likely N-dealkylation sites (N-methyl/N-ethyl adjacent to an activating group) is 2. The Morgan fingerprint density at radius 2 is 1.87 bits per heavy atom. The van der Waals surface area contributed by atoms with Gasteiger partial charge in [-0.1, -0.05) is 42.8 Å². The number of aryl methyl sites for hydroxylation is 1. The summed E-state index contributed by atoms with van der Waals surface area (Å²) in [5.41, 5.74) is 3.03. The molecule has 1 fully saturated rings. The van der Waals surface area contributed by atoms with E-state index in [1.165, 1.54) is 5.56 Å². The van der Waals surface area contributed by atoms with Gasteiger partial charge in [-0.05, 0) is 39.1 Å². The van der Waals surface area contributed by atoms with Gasteiger partial charge in [0.25, 0.3) is 0 Å². The molecule has 6 nitrogen and oxygen atoms in total. The smallest absolute Gasteiger partial charge is 0.246 e. The van der Waals surface area contributed by atoms with Crippen LogP contribution in [0.25, 0.3) is 0 Å². The van der Waals surface area contributed by atoms with Crippen molar-refractivity contribution in [1.82, 2.24) is 19.8 Å². The minimum absolute atomic E-state index is 0.0152. The van der Waals surface area contributed by atoms with Crippen molar-refractivity contribution in [2.45, 2.75) is 20.3 Å². The second-order valence-corrected chi connectivity index (χ2v) is 8.20. The van der Waals surface area contributed by atoms with Gasteiger partial charge in [0.1, 0.15) is 0 Å². The van der Waals surface area contributed by atoms with Gasteiger partial charge in [0.2, 0.25) is 5.91 Å². The van der Waals surface area contributed by atoms with Crippen LogP contribution < -0.4 is 0 Å². The van der Waals surface area contributed by atoms with Crippen molar-refractivity contribution in [1.29, 1.82) is 0 Å². The van der Waals surface area contributed by atoms with Gasteiger partial charge in [0.15, 0.2) is 5.78 Å². The third-order valence-electron chi connectivity index (χ3n) is 5.19. The standard InChI is InChI=1S/C15H24N4O2.C8H9Cl/c1-12(20)13-10-17(4)19-9-8-18(11-14(13)19)15(21)6-5-7-16(2)3;1-2-7-5-3-4-6-8(7)9/h5-6H,7-11H2,1-4H3;3-6H,2H2,1H3/b6-5+;.